The number of nitrogens with zero attached hydrogens (tertiary/aromatic N) is 4. The van der Waals surface area contributed by atoms with E-state index in [1.807, 2.05) is 12.3 Å². The van der Waals surface area contributed by atoms with Gasteiger partial charge in [0.2, 0.25) is 0 Å². The van der Waals surface area contributed by atoms with Crippen molar-refractivity contribution in [3.05, 3.63) is 46.7 Å². The van der Waals surface area contributed by atoms with Crippen molar-refractivity contribution < 1.29 is 5.11 Å². The third-order valence-electron chi connectivity index (χ3n) is 5.85. The van der Waals surface area contributed by atoms with Crippen LogP contribution in [0.15, 0.2) is 35.6 Å². The van der Waals surface area contributed by atoms with Gasteiger partial charge in [-0.1, -0.05) is 23.4 Å². The van der Waals surface area contributed by atoms with Crippen molar-refractivity contribution in [1.82, 2.24) is 19.8 Å². The van der Waals surface area contributed by atoms with Crippen molar-refractivity contribution in [2.75, 3.05) is 38.5 Å². The normalized spacial score (nSPS) is 20.9. The van der Waals surface area contributed by atoms with Crippen LogP contribution >= 0.6 is 23.4 Å². The number of phenolic OH excluding ortho intramolecular Hbond substituents is 1. The van der Waals surface area contributed by atoms with Crippen LogP contribution in [0.4, 0.5) is 0 Å². The number of likely N-dealkylation sites (tertiary alicyclic amines) is 2. The van der Waals surface area contributed by atoms with Crippen molar-refractivity contribution in [2.24, 2.45) is 0 Å². The second kappa shape index (κ2) is 10.1. The molecular formula is C22H29ClN4OS. The molecule has 1 N–H and O–H groups in total. The maximum atomic E-state index is 10.1. The van der Waals surface area contributed by atoms with Gasteiger partial charge in [-0.25, -0.2) is 9.97 Å². The zero-order valence-electron chi connectivity index (χ0n) is 16.8. The molecule has 2 aliphatic rings. The lowest BCUT2D eigenvalue weighted by molar-refractivity contribution is 0.196. The number of piperidine rings is 1. The van der Waals surface area contributed by atoms with Gasteiger partial charge in [0.25, 0.3) is 0 Å². The van der Waals surface area contributed by atoms with Gasteiger partial charge in [0.1, 0.15) is 5.75 Å². The van der Waals surface area contributed by atoms with Gasteiger partial charge in [0.05, 0.1) is 0 Å². The first-order chi connectivity index (χ1) is 14.2. The molecule has 1 atom stereocenters. The molecule has 0 radical (unpaired) electrons. The maximum Gasteiger partial charge on any atom is 0.187 e. The summed E-state index contributed by atoms with van der Waals surface area (Å²) in [5.41, 5.74) is 2.03. The van der Waals surface area contributed by atoms with E-state index in [9.17, 15) is 5.11 Å². The second-order valence-electron chi connectivity index (χ2n) is 8.01. The average Bonchev–Trinajstić information content (AvgIpc) is 3.25. The first-order valence-corrected chi connectivity index (χ1v) is 11.9. The molecule has 2 fully saturated rings. The monoisotopic (exact) mass is 432 g/mol. The topological polar surface area (TPSA) is 52.5 Å². The number of hydrogen-bond donors (Lipinski definition) is 1. The second-order valence-corrected chi connectivity index (χ2v) is 9.51. The van der Waals surface area contributed by atoms with Crippen LogP contribution in [0.5, 0.6) is 5.75 Å². The molecule has 3 heterocycles. The summed E-state index contributed by atoms with van der Waals surface area (Å²) in [4.78, 5) is 14.3. The molecule has 4 rings (SSSR count). The Bertz CT molecular complexity index is 815. The van der Waals surface area contributed by atoms with Gasteiger partial charge < -0.3 is 10.0 Å². The van der Waals surface area contributed by atoms with Crippen LogP contribution in [0.2, 0.25) is 5.02 Å². The molecule has 2 aliphatic heterocycles. The molecule has 1 aromatic heterocycles. The van der Waals surface area contributed by atoms with Crippen molar-refractivity contribution in [3.8, 4) is 5.75 Å². The van der Waals surface area contributed by atoms with Crippen LogP contribution in [-0.4, -0.2) is 63.4 Å². The van der Waals surface area contributed by atoms with Crippen molar-refractivity contribution in [3.63, 3.8) is 0 Å². The number of aromatic hydroxyl groups is 1. The van der Waals surface area contributed by atoms with Gasteiger partial charge in [-0.15, -0.1) is 0 Å². The Kier molecular flexibility index (Phi) is 7.29. The van der Waals surface area contributed by atoms with Gasteiger partial charge in [-0.3, -0.25) is 4.90 Å². The summed E-state index contributed by atoms with van der Waals surface area (Å²) >= 11 is 7.87. The predicted molar refractivity (Wildman–Crippen MR) is 119 cm³/mol. The van der Waals surface area contributed by atoms with Gasteiger partial charge in [0, 0.05) is 53.8 Å². The maximum absolute atomic E-state index is 10.1. The van der Waals surface area contributed by atoms with Gasteiger partial charge in [-0.05, 0) is 69.6 Å². The molecule has 2 saturated heterocycles. The highest BCUT2D eigenvalue weighted by Crippen LogP contribution is 2.29. The summed E-state index contributed by atoms with van der Waals surface area (Å²) in [6.45, 7) is 6.29. The third-order valence-corrected chi connectivity index (χ3v) is 6.93. The first-order valence-electron chi connectivity index (χ1n) is 10.6. The molecule has 0 aliphatic carbocycles. The van der Waals surface area contributed by atoms with Crippen LogP contribution < -0.4 is 0 Å². The Morgan fingerprint density at radius 3 is 2.79 bits per heavy atom. The largest absolute Gasteiger partial charge is 0.508 e. The average molecular weight is 433 g/mol. The molecule has 2 aromatic rings. The minimum atomic E-state index is 0.315. The van der Waals surface area contributed by atoms with E-state index in [2.05, 4.69) is 20.9 Å². The molecule has 0 saturated carbocycles. The number of thioether (sulfide) groups is 1. The Morgan fingerprint density at radius 2 is 1.93 bits per heavy atom. The van der Waals surface area contributed by atoms with E-state index in [4.69, 9.17) is 16.6 Å². The lowest BCUT2D eigenvalue weighted by Crippen LogP contribution is -2.34. The standard InChI is InChI=1S/C22H29ClN4OS/c23-19-5-6-21(28)18(14-19)16-27-11-3-4-17(15-27)20-7-8-24-22(25-20)29-13-12-26-9-1-2-10-26/h5-8,14,17,28H,1-4,9-13,15-16H2. The van der Waals surface area contributed by atoms with E-state index in [0.717, 1.165) is 54.6 Å². The van der Waals surface area contributed by atoms with Crippen LogP contribution in [-0.2, 0) is 6.54 Å². The zero-order chi connectivity index (χ0) is 20.1. The van der Waals surface area contributed by atoms with Crippen LogP contribution in [0.1, 0.15) is 42.9 Å². The molecule has 1 unspecified atom stereocenters. The van der Waals surface area contributed by atoms with E-state index in [0.29, 0.717) is 23.2 Å². The Balaban J connectivity index is 1.34. The molecule has 5 nitrogen and oxygen atoms in total. The Morgan fingerprint density at radius 1 is 1.10 bits per heavy atom. The lowest BCUT2D eigenvalue weighted by atomic mass is 9.94. The summed E-state index contributed by atoms with van der Waals surface area (Å²) in [7, 11) is 0. The molecule has 0 amide bonds. The minimum Gasteiger partial charge on any atom is -0.508 e. The summed E-state index contributed by atoms with van der Waals surface area (Å²) in [6.07, 6.45) is 6.85. The Labute approximate surface area is 182 Å². The molecule has 0 bridgehead atoms. The van der Waals surface area contributed by atoms with Crippen molar-refractivity contribution in [2.45, 2.75) is 43.3 Å². The molecule has 156 valence electrons. The van der Waals surface area contributed by atoms with Gasteiger partial charge >= 0.3 is 0 Å². The fourth-order valence-electron chi connectivity index (χ4n) is 4.29. The van der Waals surface area contributed by atoms with Crippen molar-refractivity contribution >= 4 is 23.4 Å². The van der Waals surface area contributed by atoms with E-state index in [1.54, 1.807) is 23.9 Å². The highest BCUT2D eigenvalue weighted by atomic mass is 35.5. The number of aromatic nitrogens is 2. The number of phenols is 1. The van der Waals surface area contributed by atoms with E-state index >= 15 is 0 Å². The smallest absolute Gasteiger partial charge is 0.187 e. The number of rotatable bonds is 7. The lowest BCUT2D eigenvalue weighted by Gasteiger charge is -2.32. The molecule has 29 heavy (non-hydrogen) atoms. The zero-order valence-corrected chi connectivity index (χ0v) is 18.3. The SMILES string of the molecule is Oc1ccc(Cl)cc1CN1CCCC(c2ccnc(SCCN3CCCC3)n2)C1. The summed E-state index contributed by atoms with van der Waals surface area (Å²) < 4.78 is 0. The minimum absolute atomic E-state index is 0.315. The van der Waals surface area contributed by atoms with Crippen LogP contribution in [0.25, 0.3) is 0 Å². The van der Waals surface area contributed by atoms with Gasteiger partial charge in [0.15, 0.2) is 5.16 Å². The summed E-state index contributed by atoms with van der Waals surface area (Å²) in [5.74, 6) is 1.77. The van der Waals surface area contributed by atoms with E-state index in [1.165, 1.54) is 25.9 Å². The van der Waals surface area contributed by atoms with Gasteiger partial charge in [-0.2, -0.15) is 0 Å². The molecule has 1 aromatic carbocycles. The molecule has 7 heteroatoms. The highest BCUT2D eigenvalue weighted by Gasteiger charge is 2.23. The van der Waals surface area contributed by atoms with Crippen molar-refractivity contribution in [1.29, 1.82) is 0 Å². The molecule has 0 spiro atoms. The Hall–Kier alpha value is -1.34. The first kappa shape index (κ1) is 20.9. The highest BCUT2D eigenvalue weighted by molar-refractivity contribution is 7.99. The fraction of sp³-hybridized carbons (Fsp3) is 0.545. The number of halogens is 1. The van der Waals surface area contributed by atoms with E-state index in [-0.39, 0.29) is 0 Å². The van der Waals surface area contributed by atoms with Crippen LogP contribution in [0, 0.1) is 0 Å². The predicted octanol–water partition coefficient (Wildman–Crippen LogP) is 4.40. The number of benzene rings is 1. The number of hydrogen-bond acceptors (Lipinski definition) is 6. The van der Waals surface area contributed by atoms with Crippen LogP contribution in [0.3, 0.4) is 0 Å². The van der Waals surface area contributed by atoms with E-state index < -0.39 is 0 Å². The fourth-order valence-corrected chi connectivity index (χ4v) is 5.32. The molecular weight excluding hydrogens is 404 g/mol. The summed E-state index contributed by atoms with van der Waals surface area (Å²) in [5, 5.41) is 11.7. The summed E-state index contributed by atoms with van der Waals surface area (Å²) in [6, 6.07) is 7.33. The third kappa shape index (κ3) is 5.85. The quantitative estimate of drug-likeness (QED) is 0.516.